The molecule has 0 heterocycles. The summed E-state index contributed by atoms with van der Waals surface area (Å²) >= 11 is 0. The molecule has 0 spiro atoms. The Labute approximate surface area is 143 Å². The molecule has 0 aromatic heterocycles. The summed E-state index contributed by atoms with van der Waals surface area (Å²) in [5, 5.41) is 6.82. The van der Waals surface area contributed by atoms with Crippen LogP contribution in [0.4, 0.5) is 4.79 Å². The van der Waals surface area contributed by atoms with Crippen LogP contribution in [0.1, 0.15) is 87.0 Å². The van der Waals surface area contributed by atoms with Gasteiger partial charge in [0.25, 0.3) is 0 Å². The largest absolute Gasteiger partial charge is 0.444 e. The Kier molecular flexibility index (Phi) is 6.94. The molecule has 23 heavy (non-hydrogen) atoms. The third kappa shape index (κ3) is 7.11. The van der Waals surface area contributed by atoms with Crippen molar-refractivity contribution in [2.75, 3.05) is 6.54 Å². The fraction of sp³-hybridized carbons (Fsp3) is 0.947. The van der Waals surface area contributed by atoms with E-state index in [1.165, 1.54) is 25.7 Å². The van der Waals surface area contributed by atoms with Gasteiger partial charge in [-0.25, -0.2) is 4.79 Å². The van der Waals surface area contributed by atoms with E-state index in [4.69, 9.17) is 4.74 Å². The zero-order chi connectivity index (χ0) is 17.7. The van der Waals surface area contributed by atoms with E-state index < -0.39 is 5.60 Å². The van der Waals surface area contributed by atoms with E-state index in [1.54, 1.807) is 0 Å². The molecular formula is C19H38N2O2. The highest BCUT2D eigenvalue weighted by Gasteiger charge is 2.32. The van der Waals surface area contributed by atoms with Crippen LogP contribution in [0, 0.1) is 5.41 Å². The third-order valence-electron chi connectivity index (χ3n) is 5.19. The molecule has 0 aromatic rings. The van der Waals surface area contributed by atoms with Gasteiger partial charge in [0.1, 0.15) is 5.60 Å². The van der Waals surface area contributed by atoms with Gasteiger partial charge in [-0.2, -0.15) is 0 Å². The lowest BCUT2D eigenvalue weighted by Gasteiger charge is -2.38. The number of alkyl carbamates (subject to hydrolysis) is 1. The van der Waals surface area contributed by atoms with E-state index in [-0.39, 0.29) is 11.6 Å². The monoisotopic (exact) mass is 326 g/mol. The lowest BCUT2D eigenvalue weighted by molar-refractivity contribution is 0.0441. The highest BCUT2D eigenvalue weighted by molar-refractivity contribution is 5.68. The Morgan fingerprint density at radius 3 is 2.09 bits per heavy atom. The lowest BCUT2D eigenvalue weighted by atomic mass is 9.75. The lowest BCUT2D eigenvalue weighted by Crippen LogP contribution is -2.56. The molecule has 0 radical (unpaired) electrons. The van der Waals surface area contributed by atoms with Crippen LogP contribution in [0.3, 0.4) is 0 Å². The van der Waals surface area contributed by atoms with Crippen LogP contribution in [0.25, 0.3) is 0 Å². The summed E-state index contributed by atoms with van der Waals surface area (Å²) in [5.41, 5.74) is -0.200. The van der Waals surface area contributed by atoms with Crippen molar-refractivity contribution in [3.05, 3.63) is 0 Å². The van der Waals surface area contributed by atoms with Crippen molar-refractivity contribution in [1.82, 2.24) is 10.6 Å². The molecule has 136 valence electrons. The molecule has 1 fully saturated rings. The summed E-state index contributed by atoms with van der Waals surface area (Å²) in [6, 6.07) is 0.570. The van der Waals surface area contributed by atoms with Gasteiger partial charge in [0.2, 0.25) is 0 Å². The predicted octanol–water partition coefficient (Wildman–Crippen LogP) is 4.63. The van der Waals surface area contributed by atoms with Crippen LogP contribution < -0.4 is 10.6 Å². The standard InChI is InChI=1S/C19H38N2O2/c1-8-19(9-2,21-16(22)23-17(3,4)5)14-20-15-10-12-18(6,7)13-11-15/h15,20H,8-14H2,1-7H3,(H,21,22). The van der Waals surface area contributed by atoms with E-state index in [0.717, 1.165) is 19.4 Å². The van der Waals surface area contributed by atoms with Gasteiger partial charge < -0.3 is 15.4 Å². The first-order chi connectivity index (χ1) is 10.5. The van der Waals surface area contributed by atoms with Crippen molar-refractivity contribution in [2.24, 2.45) is 5.41 Å². The summed E-state index contributed by atoms with van der Waals surface area (Å²) in [6.45, 7) is 15.5. The highest BCUT2D eigenvalue weighted by atomic mass is 16.6. The maximum Gasteiger partial charge on any atom is 0.408 e. The summed E-state index contributed by atoms with van der Waals surface area (Å²) < 4.78 is 5.44. The Morgan fingerprint density at radius 1 is 1.13 bits per heavy atom. The van der Waals surface area contributed by atoms with Crippen LogP contribution >= 0.6 is 0 Å². The molecule has 0 bridgehead atoms. The van der Waals surface area contributed by atoms with Gasteiger partial charge in [-0.3, -0.25) is 0 Å². The molecule has 0 saturated heterocycles. The number of hydrogen-bond donors (Lipinski definition) is 2. The second-order valence-electron chi connectivity index (χ2n) is 8.93. The highest BCUT2D eigenvalue weighted by Crippen LogP contribution is 2.35. The quantitative estimate of drug-likeness (QED) is 0.748. The van der Waals surface area contributed by atoms with Crippen LogP contribution in [0.2, 0.25) is 0 Å². The van der Waals surface area contributed by atoms with Crippen LogP contribution in [-0.4, -0.2) is 29.8 Å². The van der Waals surface area contributed by atoms with Gasteiger partial charge in [-0.1, -0.05) is 27.7 Å². The van der Waals surface area contributed by atoms with Crippen molar-refractivity contribution in [1.29, 1.82) is 0 Å². The van der Waals surface area contributed by atoms with E-state index in [2.05, 4.69) is 38.3 Å². The average molecular weight is 327 g/mol. The Balaban J connectivity index is 2.55. The molecule has 0 aromatic carbocycles. The Bertz CT molecular complexity index is 371. The molecule has 0 aliphatic heterocycles. The second kappa shape index (κ2) is 7.87. The zero-order valence-corrected chi connectivity index (χ0v) is 16.3. The molecule has 1 aliphatic rings. The number of ether oxygens (including phenoxy) is 1. The maximum atomic E-state index is 12.2. The SMILES string of the molecule is CCC(CC)(CNC1CCC(C)(C)CC1)NC(=O)OC(C)(C)C. The fourth-order valence-corrected chi connectivity index (χ4v) is 3.18. The van der Waals surface area contributed by atoms with E-state index in [0.29, 0.717) is 11.5 Å². The third-order valence-corrected chi connectivity index (χ3v) is 5.19. The zero-order valence-electron chi connectivity index (χ0n) is 16.3. The molecule has 2 N–H and O–H groups in total. The topological polar surface area (TPSA) is 50.4 Å². The van der Waals surface area contributed by atoms with Crippen molar-refractivity contribution >= 4 is 6.09 Å². The summed E-state index contributed by atoms with van der Waals surface area (Å²) in [7, 11) is 0. The predicted molar refractivity (Wildman–Crippen MR) is 96.7 cm³/mol. The molecule has 0 atom stereocenters. The van der Waals surface area contributed by atoms with Gasteiger partial charge in [0, 0.05) is 12.6 Å². The Hall–Kier alpha value is -0.770. The van der Waals surface area contributed by atoms with Gasteiger partial charge in [0.15, 0.2) is 0 Å². The van der Waals surface area contributed by atoms with Gasteiger partial charge >= 0.3 is 6.09 Å². The fourth-order valence-electron chi connectivity index (χ4n) is 3.18. The molecule has 1 saturated carbocycles. The molecule has 1 amide bonds. The molecule has 4 nitrogen and oxygen atoms in total. The normalized spacial score (nSPS) is 19.4. The van der Waals surface area contributed by atoms with Crippen molar-refractivity contribution < 1.29 is 9.53 Å². The van der Waals surface area contributed by atoms with Crippen LogP contribution in [0.5, 0.6) is 0 Å². The first kappa shape index (κ1) is 20.3. The molecule has 1 rings (SSSR count). The number of nitrogens with one attached hydrogen (secondary N) is 2. The summed E-state index contributed by atoms with van der Waals surface area (Å²) in [4.78, 5) is 12.2. The molecular weight excluding hydrogens is 288 g/mol. The summed E-state index contributed by atoms with van der Waals surface area (Å²) in [5.74, 6) is 0. The average Bonchev–Trinajstić information content (AvgIpc) is 2.42. The van der Waals surface area contributed by atoms with Gasteiger partial charge in [0.05, 0.1) is 5.54 Å². The minimum Gasteiger partial charge on any atom is -0.444 e. The minimum atomic E-state index is -0.459. The summed E-state index contributed by atoms with van der Waals surface area (Å²) in [6.07, 6.45) is 6.48. The molecule has 1 aliphatic carbocycles. The van der Waals surface area contributed by atoms with Gasteiger partial charge in [-0.05, 0) is 64.7 Å². The van der Waals surface area contributed by atoms with Crippen LogP contribution in [0.15, 0.2) is 0 Å². The van der Waals surface area contributed by atoms with E-state index in [9.17, 15) is 4.79 Å². The second-order valence-corrected chi connectivity index (χ2v) is 8.93. The van der Waals surface area contributed by atoms with Crippen LogP contribution in [-0.2, 0) is 4.74 Å². The van der Waals surface area contributed by atoms with E-state index in [1.807, 2.05) is 20.8 Å². The maximum absolute atomic E-state index is 12.2. The first-order valence-corrected chi connectivity index (χ1v) is 9.25. The smallest absolute Gasteiger partial charge is 0.408 e. The van der Waals surface area contributed by atoms with Crippen molar-refractivity contribution in [3.63, 3.8) is 0 Å². The number of carbonyl (C=O) groups excluding carboxylic acids is 1. The Morgan fingerprint density at radius 2 is 1.65 bits per heavy atom. The van der Waals surface area contributed by atoms with E-state index >= 15 is 0 Å². The molecule has 4 heteroatoms. The number of carbonyl (C=O) groups is 1. The van der Waals surface area contributed by atoms with Crippen molar-refractivity contribution in [2.45, 2.75) is 104 Å². The first-order valence-electron chi connectivity index (χ1n) is 9.25. The number of amides is 1. The number of rotatable bonds is 6. The molecule has 0 unspecified atom stereocenters. The van der Waals surface area contributed by atoms with Gasteiger partial charge in [-0.15, -0.1) is 0 Å². The minimum absolute atomic E-state index is 0.227. The van der Waals surface area contributed by atoms with Crippen molar-refractivity contribution in [3.8, 4) is 0 Å². The number of hydrogen-bond acceptors (Lipinski definition) is 3.